The van der Waals surface area contributed by atoms with Gasteiger partial charge < -0.3 is 10.6 Å². The molecule has 3 N–H and O–H groups in total. The first kappa shape index (κ1) is 27.2. The highest BCUT2D eigenvalue weighted by Crippen LogP contribution is 2.43. The minimum Gasteiger partial charge on any atom is -0.368 e. The molecule has 10 heteroatoms. The van der Waals surface area contributed by atoms with Crippen molar-refractivity contribution in [3.05, 3.63) is 39.1 Å². The molecule has 0 atom stereocenters. The number of H-pyrrole nitrogens is 1. The second-order valence-electron chi connectivity index (χ2n) is 12.5. The van der Waals surface area contributed by atoms with Gasteiger partial charge in [0, 0.05) is 36.0 Å². The first-order valence-electron chi connectivity index (χ1n) is 14.7. The van der Waals surface area contributed by atoms with Gasteiger partial charge in [-0.15, -0.1) is 11.3 Å². The summed E-state index contributed by atoms with van der Waals surface area (Å²) in [4.78, 5) is 42.2. The number of carbonyl (C=O) groups is 2. The monoisotopic (exact) mass is 561 g/mol. The standard InChI is InChI=1S/C30H39N7O2S/c1-30(2)15-19-16-32-29(31)34-26(19)28-25(30)27(35-36-28)23(39)14-24-33-20(17-40-24)13-22(38)12-18-8-10-37(11-9-18)21-6-4-3-5-7-21/h16-18,21H,3-15H2,1-2H3,(H,35,36)(H2,31,32,34). The van der Waals surface area contributed by atoms with Crippen LogP contribution >= 0.6 is 11.3 Å². The van der Waals surface area contributed by atoms with Gasteiger partial charge in [0.05, 0.1) is 17.8 Å². The minimum atomic E-state index is -0.313. The van der Waals surface area contributed by atoms with Crippen molar-refractivity contribution in [3.63, 3.8) is 0 Å². The average molecular weight is 562 g/mol. The number of aromatic nitrogens is 5. The Morgan fingerprint density at radius 2 is 1.85 bits per heavy atom. The van der Waals surface area contributed by atoms with Gasteiger partial charge in [-0.3, -0.25) is 14.7 Å². The van der Waals surface area contributed by atoms with Gasteiger partial charge >= 0.3 is 0 Å². The van der Waals surface area contributed by atoms with Crippen molar-refractivity contribution in [2.45, 2.75) is 95.9 Å². The summed E-state index contributed by atoms with van der Waals surface area (Å²) < 4.78 is 0. The van der Waals surface area contributed by atoms with E-state index in [1.54, 1.807) is 6.20 Å². The average Bonchev–Trinajstić information content (AvgIpc) is 3.58. The number of fused-ring (bicyclic) bond motifs is 3. The zero-order valence-corrected chi connectivity index (χ0v) is 24.4. The Morgan fingerprint density at radius 1 is 1.07 bits per heavy atom. The summed E-state index contributed by atoms with van der Waals surface area (Å²) in [5.41, 5.74) is 9.98. The number of hydrogen-bond donors (Lipinski definition) is 2. The van der Waals surface area contributed by atoms with E-state index in [9.17, 15) is 9.59 Å². The zero-order chi connectivity index (χ0) is 27.9. The quantitative estimate of drug-likeness (QED) is 0.378. The van der Waals surface area contributed by atoms with E-state index in [4.69, 9.17) is 5.73 Å². The molecule has 40 heavy (non-hydrogen) atoms. The van der Waals surface area contributed by atoms with E-state index in [0.717, 1.165) is 53.8 Å². The van der Waals surface area contributed by atoms with Gasteiger partial charge in [0.25, 0.3) is 0 Å². The molecule has 9 nitrogen and oxygen atoms in total. The summed E-state index contributed by atoms with van der Waals surface area (Å²) in [5.74, 6) is 0.857. The van der Waals surface area contributed by atoms with Crippen LogP contribution in [0.1, 0.15) is 97.5 Å². The van der Waals surface area contributed by atoms with Crippen molar-refractivity contribution in [2.24, 2.45) is 5.92 Å². The molecule has 0 radical (unpaired) electrons. The van der Waals surface area contributed by atoms with Crippen LogP contribution < -0.4 is 5.73 Å². The molecule has 6 rings (SSSR count). The van der Waals surface area contributed by atoms with E-state index in [1.807, 2.05) is 5.38 Å². The maximum absolute atomic E-state index is 13.4. The van der Waals surface area contributed by atoms with Gasteiger partial charge in [-0.1, -0.05) is 33.1 Å². The Kier molecular flexibility index (Phi) is 7.56. The fourth-order valence-corrected chi connectivity index (χ4v) is 7.79. The van der Waals surface area contributed by atoms with Crippen molar-refractivity contribution >= 4 is 28.9 Å². The lowest BCUT2D eigenvalue weighted by atomic mass is 9.73. The Bertz CT molecular complexity index is 1400. The van der Waals surface area contributed by atoms with Gasteiger partial charge in [0.1, 0.15) is 22.2 Å². The van der Waals surface area contributed by atoms with Crippen molar-refractivity contribution in [3.8, 4) is 11.4 Å². The molecule has 0 bridgehead atoms. The largest absolute Gasteiger partial charge is 0.368 e. The molecule has 0 aromatic carbocycles. The van der Waals surface area contributed by atoms with Gasteiger partial charge in [-0.2, -0.15) is 5.10 Å². The van der Waals surface area contributed by atoms with Crippen LogP contribution in [0.3, 0.4) is 0 Å². The fourth-order valence-electron chi connectivity index (χ4n) is 6.99. The van der Waals surface area contributed by atoms with Crippen molar-refractivity contribution in [1.82, 2.24) is 30.0 Å². The first-order chi connectivity index (χ1) is 19.3. The second-order valence-corrected chi connectivity index (χ2v) is 13.5. The molecule has 212 valence electrons. The van der Waals surface area contributed by atoms with Gasteiger partial charge in [0.15, 0.2) is 5.78 Å². The number of nitrogens with zero attached hydrogens (tertiary/aromatic N) is 5. The molecule has 1 saturated heterocycles. The Morgan fingerprint density at radius 3 is 2.62 bits per heavy atom. The van der Waals surface area contributed by atoms with Crippen LogP contribution in [-0.4, -0.2) is 60.7 Å². The Balaban J connectivity index is 1.05. The lowest BCUT2D eigenvalue weighted by Gasteiger charge is -2.39. The third-order valence-corrected chi connectivity index (χ3v) is 9.91. The maximum atomic E-state index is 13.4. The SMILES string of the molecule is CC1(C)Cc2cnc(N)nc2-c2n[nH]c(C(=O)Cc3nc(CC(=O)CC4CCN(C5CCCCC5)CC4)cs3)c21. The molecule has 0 spiro atoms. The number of hydrogen-bond acceptors (Lipinski definition) is 9. The molecular weight excluding hydrogens is 522 g/mol. The van der Waals surface area contributed by atoms with Crippen LogP contribution in [-0.2, 0) is 29.5 Å². The second kappa shape index (κ2) is 11.1. The fraction of sp³-hybridized carbons (Fsp3) is 0.600. The lowest BCUT2D eigenvalue weighted by molar-refractivity contribution is -0.119. The summed E-state index contributed by atoms with van der Waals surface area (Å²) in [7, 11) is 0. The smallest absolute Gasteiger partial charge is 0.220 e. The summed E-state index contributed by atoms with van der Waals surface area (Å²) in [6, 6.07) is 0.767. The molecule has 1 saturated carbocycles. The van der Waals surface area contributed by atoms with E-state index < -0.39 is 0 Å². The number of likely N-dealkylation sites (tertiary alicyclic amines) is 1. The van der Waals surface area contributed by atoms with E-state index in [0.29, 0.717) is 42.3 Å². The predicted octanol–water partition coefficient (Wildman–Crippen LogP) is 4.71. The Hall–Kier alpha value is -2.98. The minimum absolute atomic E-state index is 0.0655. The number of aromatic amines is 1. The summed E-state index contributed by atoms with van der Waals surface area (Å²) in [5, 5.41) is 10.1. The van der Waals surface area contributed by atoms with E-state index in [-0.39, 0.29) is 29.4 Å². The van der Waals surface area contributed by atoms with Crippen LogP contribution in [0.4, 0.5) is 5.95 Å². The molecule has 3 aromatic rings. The molecular formula is C30H39N7O2S. The summed E-state index contributed by atoms with van der Waals surface area (Å²) >= 11 is 1.44. The highest BCUT2D eigenvalue weighted by Gasteiger charge is 2.38. The van der Waals surface area contributed by atoms with Crippen LogP contribution in [0.25, 0.3) is 11.4 Å². The van der Waals surface area contributed by atoms with Crippen LogP contribution in [0.15, 0.2) is 11.6 Å². The highest BCUT2D eigenvalue weighted by atomic mass is 32.1. The molecule has 2 aliphatic carbocycles. The van der Waals surface area contributed by atoms with Crippen LogP contribution in [0.2, 0.25) is 0 Å². The number of ketones is 2. The number of carbonyl (C=O) groups excluding carboxylic acids is 2. The van der Waals surface area contributed by atoms with Gasteiger partial charge in [0.2, 0.25) is 5.95 Å². The van der Waals surface area contributed by atoms with E-state index in [1.165, 1.54) is 43.4 Å². The predicted molar refractivity (Wildman–Crippen MR) is 155 cm³/mol. The summed E-state index contributed by atoms with van der Waals surface area (Å²) in [6.07, 6.45) is 12.6. The van der Waals surface area contributed by atoms with E-state index in [2.05, 4.69) is 43.9 Å². The van der Waals surface area contributed by atoms with Gasteiger partial charge in [-0.05, 0) is 62.1 Å². The maximum Gasteiger partial charge on any atom is 0.220 e. The first-order valence-corrected chi connectivity index (χ1v) is 15.6. The number of thiazole rings is 1. The number of piperidine rings is 1. The summed E-state index contributed by atoms with van der Waals surface area (Å²) in [6.45, 7) is 6.46. The number of nitrogens with one attached hydrogen (secondary N) is 1. The normalized spacial score (nSPS) is 19.8. The molecule has 4 heterocycles. The topological polar surface area (TPSA) is 131 Å². The van der Waals surface area contributed by atoms with E-state index >= 15 is 0 Å². The zero-order valence-electron chi connectivity index (χ0n) is 23.5. The molecule has 0 unspecified atom stereocenters. The lowest BCUT2D eigenvalue weighted by Crippen LogP contribution is -2.42. The van der Waals surface area contributed by atoms with Crippen molar-refractivity contribution in [1.29, 1.82) is 0 Å². The molecule has 2 fully saturated rings. The molecule has 0 amide bonds. The van der Waals surface area contributed by atoms with Gasteiger partial charge in [-0.25, -0.2) is 15.0 Å². The Labute approximate surface area is 239 Å². The number of nitrogen functional groups attached to an aromatic ring is 1. The van der Waals surface area contributed by atoms with Crippen molar-refractivity contribution < 1.29 is 9.59 Å². The number of anilines is 1. The third-order valence-electron chi connectivity index (χ3n) is 9.01. The molecule has 1 aliphatic heterocycles. The molecule has 3 aromatic heterocycles. The molecule has 3 aliphatic rings. The van der Waals surface area contributed by atoms with Crippen LogP contribution in [0.5, 0.6) is 0 Å². The highest BCUT2D eigenvalue weighted by molar-refractivity contribution is 7.09. The van der Waals surface area contributed by atoms with Crippen LogP contribution in [0, 0.1) is 5.92 Å². The van der Waals surface area contributed by atoms with Crippen molar-refractivity contribution in [2.75, 3.05) is 18.8 Å². The number of rotatable bonds is 8. The number of nitrogens with two attached hydrogens (primary N) is 1. The number of Topliss-reactive ketones (excluding diaryl/α,β-unsaturated/α-hetero) is 2. The third kappa shape index (κ3) is 5.61.